The first-order chi connectivity index (χ1) is 9.51. The number of ether oxygens (including phenoxy) is 1. The molecule has 20 heavy (non-hydrogen) atoms. The number of benzene rings is 2. The molecule has 2 aromatic carbocycles. The molecule has 1 amide bonds. The predicted octanol–water partition coefficient (Wildman–Crippen LogP) is 5.24. The van der Waals surface area contributed by atoms with Gasteiger partial charge in [0.25, 0.3) is 5.91 Å². The zero-order valence-corrected chi connectivity index (χ0v) is 15.2. The number of nitrogens with one attached hydrogen (secondary N) is 1. The van der Waals surface area contributed by atoms with Gasteiger partial charge in [-0.05, 0) is 68.3 Å². The number of anilines is 1. The second-order valence-corrected chi connectivity index (χ2v) is 6.55. The summed E-state index contributed by atoms with van der Waals surface area (Å²) in [7, 11) is 1.58. The highest BCUT2D eigenvalue weighted by atomic mass is 79.9. The SMILES string of the molecule is COc1ccc(C(=O)Nc2cc(Br)ccc2Br)cc1Br. The van der Waals surface area contributed by atoms with Gasteiger partial charge in [-0.3, -0.25) is 4.79 Å². The van der Waals surface area contributed by atoms with E-state index in [-0.39, 0.29) is 5.91 Å². The van der Waals surface area contributed by atoms with Crippen molar-refractivity contribution in [1.29, 1.82) is 0 Å². The van der Waals surface area contributed by atoms with Crippen LogP contribution in [0.3, 0.4) is 0 Å². The van der Waals surface area contributed by atoms with Gasteiger partial charge in [0.05, 0.1) is 17.3 Å². The second-order valence-electron chi connectivity index (χ2n) is 3.93. The summed E-state index contributed by atoms with van der Waals surface area (Å²) in [5.41, 5.74) is 1.25. The van der Waals surface area contributed by atoms with Crippen LogP contribution in [0.1, 0.15) is 10.4 Å². The van der Waals surface area contributed by atoms with Crippen LogP contribution in [0.4, 0.5) is 5.69 Å². The van der Waals surface area contributed by atoms with Crippen molar-refractivity contribution in [3.05, 3.63) is 55.4 Å². The third-order valence-electron chi connectivity index (χ3n) is 2.59. The van der Waals surface area contributed by atoms with Crippen molar-refractivity contribution in [3.8, 4) is 5.75 Å². The number of carbonyl (C=O) groups excluding carboxylic acids is 1. The molecule has 0 saturated heterocycles. The molecule has 0 heterocycles. The number of rotatable bonds is 3. The van der Waals surface area contributed by atoms with E-state index in [1.165, 1.54) is 0 Å². The highest BCUT2D eigenvalue weighted by molar-refractivity contribution is 9.11. The molecule has 2 aromatic rings. The minimum absolute atomic E-state index is 0.188. The van der Waals surface area contributed by atoms with E-state index < -0.39 is 0 Å². The molecule has 0 spiro atoms. The molecular weight excluding hydrogens is 454 g/mol. The largest absolute Gasteiger partial charge is 0.496 e. The molecule has 0 aliphatic rings. The van der Waals surface area contributed by atoms with Crippen LogP contribution in [0.2, 0.25) is 0 Å². The maximum Gasteiger partial charge on any atom is 0.255 e. The van der Waals surface area contributed by atoms with Crippen molar-refractivity contribution in [1.82, 2.24) is 0 Å². The number of halogens is 3. The van der Waals surface area contributed by atoms with Crippen molar-refractivity contribution in [2.75, 3.05) is 12.4 Å². The molecule has 0 bridgehead atoms. The number of methoxy groups -OCH3 is 1. The van der Waals surface area contributed by atoms with Crippen LogP contribution in [0.15, 0.2) is 49.8 Å². The van der Waals surface area contributed by atoms with Crippen molar-refractivity contribution >= 4 is 59.4 Å². The third-order valence-corrected chi connectivity index (χ3v) is 4.40. The Kier molecular flexibility index (Phi) is 5.23. The van der Waals surface area contributed by atoms with E-state index in [1.54, 1.807) is 25.3 Å². The van der Waals surface area contributed by atoms with Gasteiger partial charge in [0, 0.05) is 14.5 Å². The Hall–Kier alpha value is -0.850. The standard InChI is InChI=1S/C14H10Br3NO2/c1-20-13-5-2-8(6-11(13)17)14(19)18-12-7-9(15)3-4-10(12)16/h2-7H,1H3,(H,18,19). The summed E-state index contributed by atoms with van der Waals surface area (Å²) < 4.78 is 7.59. The van der Waals surface area contributed by atoms with E-state index in [0.29, 0.717) is 17.0 Å². The van der Waals surface area contributed by atoms with Crippen LogP contribution >= 0.6 is 47.8 Å². The van der Waals surface area contributed by atoms with E-state index >= 15 is 0 Å². The molecule has 0 unspecified atom stereocenters. The van der Waals surface area contributed by atoms with E-state index in [1.807, 2.05) is 18.2 Å². The second kappa shape index (κ2) is 6.74. The van der Waals surface area contributed by atoms with Crippen LogP contribution in [0.5, 0.6) is 5.75 Å². The highest BCUT2D eigenvalue weighted by Gasteiger charge is 2.11. The summed E-state index contributed by atoms with van der Waals surface area (Å²) in [5.74, 6) is 0.498. The van der Waals surface area contributed by atoms with Gasteiger partial charge in [-0.25, -0.2) is 0 Å². The number of amides is 1. The molecule has 104 valence electrons. The lowest BCUT2D eigenvalue weighted by atomic mass is 10.2. The van der Waals surface area contributed by atoms with Gasteiger partial charge in [0.2, 0.25) is 0 Å². The molecule has 3 nitrogen and oxygen atoms in total. The molecule has 0 atom stereocenters. The van der Waals surface area contributed by atoms with E-state index in [0.717, 1.165) is 13.4 Å². The average Bonchev–Trinajstić information content (AvgIpc) is 2.42. The van der Waals surface area contributed by atoms with Gasteiger partial charge in [-0.2, -0.15) is 0 Å². The topological polar surface area (TPSA) is 38.3 Å². The van der Waals surface area contributed by atoms with Gasteiger partial charge in [-0.1, -0.05) is 15.9 Å². The fourth-order valence-electron chi connectivity index (χ4n) is 1.60. The van der Waals surface area contributed by atoms with Crippen LogP contribution in [-0.2, 0) is 0 Å². The Bertz CT molecular complexity index is 659. The third kappa shape index (κ3) is 3.62. The zero-order chi connectivity index (χ0) is 14.7. The predicted molar refractivity (Wildman–Crippen MR) is 90.5 cm³/mol. The van der Waals surface area contributed by atoms with Crippen LogP contribution in [0.25, 0.3) is 0 Å². The minimum atomic E-state index is -0.188. The van der Waals surface area contributed by atoms with Crippen molar-refractivity contribution < 1.29 is 9.53 Å². The van der Waals surface area contributed by atoms with Gasteiger partial charge in [-0.15, -0.1) is 0 Å². The average molecular weight is 464 g/mol. The van der Waals surface area contributed by atoms with Crippen molar-refractivity contribution in [2.24, 2.45) is 0 Å². The van der Waals surface area contributed by atoms with Crippen LogP contribution in [-0.4, -0.2) is 13.0 Å². The Morgan fingerprint density at radius 1 is 1.05 bits per heavy atom. The van der Waals surface area contributed by atoms with E-state index in [2.05, 4.69) is 53.1 Å². The first kappa shape index (κ1) is 15.5. The molecule has 6 heteroatoms. The number of hydrogen-bond donors (Lipinski definition) is 1. The maximum atomic E-state index is 12.2. The first-order valence-corrected chi connectivity index (χ1v) is 7.99. The lowest BCUT2D eigenvalue weighted by Crippen LogP contribution is -2.12. The van der Waals surface area contributed by atoms with Crippen LogP contribution < -0.4 is 10.1 Å². The molecule has 0 aliphatic heterocycles. The molecule has 0 fully saturated rings. The van der Waals surface area contributed by atoms with Crippen LogP contribution in [0, 0.1) is 0 Å². The summed E-state index contributed by atoms with van der Waals surface area (Å²) >= 11 is 10.1. The molecule has 0 aliphatic carbocycles. The fourth-order valence-corrected chi connectivity index (χ4v) is 2.84. The molecule has 2 rings (SSSR count). The first-order valence-electron chi connectivity index (χ1n) is 5.61. The lowest BCUT2D eigenvalue weighted by Gasteiger charge is -2.09. The van der Waals surface area contributed by atoms with E-state index in [9.17, 15) is 4.79 Å². The molecule has 0 radical (unpaired) electrons. The molecule has 1 N–H and O–H groups in total. The summed E-state index contributed by atoms with van der Waals surface area (Å²) in [6.07, 6.45) is 0. The zero-order valence-electron chi connectivity index (χ0n) is 10.4. The fraction of sp³-hybridized carbons (Fsp3) is 0.0714. The van der Waals surface area contributed by atoms with Gasteiger partial charge >= 0.3 is 0 Å². The summed E-state index contributed by atoms with van der Waals surface area (Å²) in [6, 6.07) is 10.8. The number of carbonyl (C=O) groups is 1. The van der Waals surface area contributed by atoms with Crippen molar-refractivity contribution in [3.63, 3.8) is 0 Å². The Morgan fingerprint density at radius 3 is 2.45 bits per heavy atom. The lowest BCUT2D eigenvalue weighted by molar-refractivity contribution is 0.102. The van der Waals surface area contributed by atoms with Gasteiger partial charge < -0.3 is 10.1 Å². The van der Waals surface area contributed by atoms with Gasteiger partial charge in [0.1, 0.15) is 5.75 Å². The molecule has 0 saturated carbocycles. The molecular formula is C14H10Br3NO2. The summed E-state index contributed by atoms with van der Waals surface area (Å²) in [5, 5.41) is 2.85. The highest BCUT2D eigenvalue weighted by Crippen LogP contribution is 2.28. The Labute approximate surface area is 142 Å². The smallest absolute Gasteiger partial charge is 0.255 e. The molecule has 0 aromatic heterocycles. The van der Waals surface area contributed by atoms with Gasteiger partial charge in [0.15, 0.2) is 0 Å². The normalized spacial score (nSPS) is 10.2. The summed E-state index contributed by atoms with van der Waals surface area (Å²) in [4.78, 5) is 12.2. The minimum Gasteiger partial charge on any atom is -0.496 e. The Balaban J connectivity index is 2.24. The van der Waals surface area contributed by atoms with E-state index in [4.69, 9.17) is 4.74 Å². The monoisotopic (exact) mass is 461 g/mol. The summed E-state index contributed by atoms with van der Waals surface area (Å²) in [6.45, 7) is 0. The quantitative estimate of drug-likeness (QED) is 0.676. The van der Waals surface area contributed by atoms with Crippen molar-refractivity contribution in [2.45, 2.75) is 0 Å². The number of hydrogen-bond acceptors (Lipinski definition) is 2. The Morgan fingerprint density at radius 2 is 1.80 bits per heavy atom. The maximum absolute atomic E-state index is 12.2.